The Labute approximate surface area is 149 Å². The van der Waals surface area contributed by atoms with Gasteiger partial charge in [0.1, 0.15) is 5.56 Å². The van der Waals surface area contributed by atoms with Crippen LogP contribution in [-0.4, -0.2) is 17.6 Å². The van der Waals surface area contributed by atoms with Crippen LogP contribution in [-0.2, 0) is 4.74 Å². The van der Waals surface area contributed by atoms with Gasteiger partial charge in [0.25, 0.3) is 0 Å². The van der Waals surface area contributed by atoms with Gasteiger partial charge in [-0.25, -0.2) is 4.79 Å². The SMILES string of the molecule is CCOC(=O)c1cnc2ccc3sccc3c2c1Nc1ccccc1. The van der Waals surface area contributed by atoms with Gasteiger partial charge in [-0.05, 0) is 42.6 Å². The van der Waals surface area contributed by atoms with Crippen molar-refractivity contribution in [3.8, 4) is 0 Å². The summed E-state index contributed by atoms with van der Waals surface area (Å²) in [5.74, 6) is -0.373. The van der Waals surface area contributed by atoms with E-state index in [9.17, 15) is 4.79 Å². The number of fused-ring (bicyclic) bond motifs is 3. The number of anilines is 2. The first-order valence-corrected chi connectivity index (χ1v) is 8.94. The van der Waals surface area contributed by atoms with Crippen LogP contribution in [0, 0.1) is 0 Å². The Balaban J connectivity index is 2.00. The molecule has 0 aliphatic carbocycles. The summed E-state index contributed by atoms with van der Waals surface area (Å²) in [6.45, 7) is 2.12. The van der Waals surface area contributed by atoms with E-state index in [0.717, 1.165) is 32.4 Å². The number of nitrogens with zero attached hydrogens (tertiary/aromatic N) is 1. The Morgan fingerprint density at radius 2 is 2.00 bits per heavy atom. The molecule has 0 bridgehead atoms. The van der Waals surface area contributed by atoms with Crippen molar-refractivity contribution >= 4 is 49.7 Å². The second kappa shape index (κ2) is 6.53. The lowest BCUT2D eigenvalue weighted by Crippen LogP contribution is -2.09. The van der Waals surface area contributed by atoms with Crippen LogP contribution in [0.4, 0.5) is 11.4 Å². The second-order valence-corrected chi connectivity index (χ2v) is 6.50. The molecule has 2 aromatic heterocycles. The lowest BCUT2D eigenvalue weighted by molar-refractivity contribution is 0.0527. The number of pyridine rings is 1. The van der Waals surface area contributed by atoms with Crippen LogP contribution < -0.4 is 5.32 Å². The molecule has 5 heteroatoms. The summed E-state index contributed by atoms with van der Waals surface area (Å²) in [6.07, 6.45) is 1.59. The number of hydrogen-bond acceptors (Lipinski definition) is 5. The van der Waals surface area contributed by atoms with Gasteiger partial charge in [0, 0.05) is 27.4 Å². The van der Waals surface area contributed by atoms with Gasteiger partial charge in [0.05, 0.1) is 17.8 Å². The third kappa shape index (κ3) is 2.83. The Bertz CT molecular complexity index is 1060. The lowest BCUT2D eigenvalue weighted by atomic mass is 10.1. The summed E-state index contributed by atoms with van der Waals surface area (Å²) in [5, 5.41) is 7.47. The molecule has 0 saturated heterocycles. The molecule has 4 rings (SSSR count). The van der Waals surface area contributed by atoms with Crippen LogP contribution in [0.5, 0.6) is 0 Å². The molecular formula is C20H16N2O2S. The monoisotopic (exact) mass is 348 g/mol. The fourth-order valence-corrected chi connectivity index (χ4v) is 3.69. The number of thiophene rings is 1. The van der Waals surface area contributed by atoms with Gasteiger partial charge in [0.2, 0.25) is 0 Å². The molecule has 0 amide bonds. The van der Waals surface area contributed by atoms with Crippen LogP contribution >= 0.6 is 11.3 Å². The lowest BCUT2D eigenvalue weighted by Gasteiger charge is -2.15. The topological polar surface area (TPSA) is 51.2 Å². The molecular weight excluding hydrogens is 332 g/mol. The molecule has 0 aliphatic heterocycles. The van der Waals surface area contributed by atoms with Crippen molar-refractivity contribution in [3.05, 3.63) is 65.7 Å². The summed E-state index contributed by atoms with van der Waals surface area (Å²) in [5.41, 5.74) is 2.93. The smallest absolute Gasteiger partial charge is 0.341 e. The fourth-order valence-electron chi connectivity index (χ4n) is 2.90. The minimum atomic E-state index is -0.373. The number of carbonyl (C=O) groups is 1. The van der Waals surface area contributed by atoms with Crippen molar-refractivity contribution in [3.63, 3.8) is 0 Å². The van der Waals surface area contributed by atoms with Crippen LogP contribution in [0.15, 0.2) is 60.1 Å². The van der Waals surface area contributed by atoms with E-state index in [1.165, 1.54) is 0 Å². The zero-order valence-electron chi connectivity index (χ0n) is 13.7. The van der Waals surface area contributed by atoms with Gasteiger partial charge >= 0.3 is 5.97 Å². The Hall–Kier alpha value is -2.92. The predicted octanol–water partition coefficient (Wildman–Crippen LogP) is 5.37. The maximum Gasteiger partial charge on any atom is 0.341 e. The van der Waals surface area contributed by atoms with Crippen LogP contribution in [0.1, 0.15) is 17.3 Å². The number of hydrogen-bond donors (Lipinski definition) is 1. The van der Waals surface area contributed by atoms with Gasteiger partial charge in [-0.15, -0.1) is 11.3 Å². The van der Waals surface area contributed by atoms with E-state index < -0.39 is 0 Å². The molecule has 0 saturated carbocycles. The molecule has 0 unspecified atom stereocenters. The van der Waals surface area contributed by atoms with E-state index in [4.69, 9.17) is 4.74 Å². The predicted molar refractivity (Wildman–Crippen MR) is 103 cm³/mol. The number of ether oxygens (including phenoxy) is 1. The Morgan fingerprint density at radius 3 is 2.80 bits per heavy atom. The highest BCUT2D eigenvalue weighted by atomic mass is 32.1. The molecule has 4 aromatic rings. The minimum absolute atomic E-state index is 0.324. The maximum atomic E-state index is 12.5. The third-order valence-electron chi connectivity index (χ3n) is 4.00. The highest BCUT2D eigenvalue weighted by Gasteiger charge is 2.18. The molecule has 0 aliphatic rings. The van der Waals surface area contributed by atoms with Crippen molar-refractivity contribution in [2.45, 2.75) is 6.92 Å². The molecule has 2 heterocycles. The van der Waals surface area contributed by atoms with Crippen molar-refractivity contribution in [1.29, 1.82) is 0 Å². The van der Waals surface area contributed by atoms with Gasteiger partial charge in [-0.3, -0.25) is 4.98 Å². The average Bonchev–Trinajstić information content (AvgIpc) is 3.11. The number of esters is 1. The largest absolute Gasteiger partial charge is 0.462 e. The zero-order chi connectivity index (χ0) is 17.2. The van der Waals surface area contributed by atoms with Gasteiger partial charge < -0.3 is 10.1 Å². The number of rotatable bonds is 4. The van der Waals surface area contributed by atoms with E-state index in [1.54, 1.807) is 24.5 Å². The van der Waals surface area contributed by atoms with Crippen LogP contribution in [0.3, 0.4) is 0 Å². The third-order valence-corrected chi connectivity index (χ3v) is 4.89. The van der Waals surface area contributed by atoms with Crippen LogP contribution in [0.2, 0.25) is 0 Å². The number of nitrogens with one attached hydrogen (secondary N) is 1. The summed E-state index contributed by atoms with van der Waals surface area (Å²) in [6, 6.07) is 15.9. The summed E-state index contributed by atoms with van der Waals surface area (Å²) in [7, 11) is 0. The van der Waals surface area contributed by atoms with Crippen molar-refractivity contribution in [1.82, 2.24) is 4.98 Å². The fraction of sp³-hybridized carbons (Fsp3) is 0.100. The first-order valence-electron chi connectivity index (χ1n) is 8.06. The highest BCUT2D eigenvalue weighted by Crippen LogP contribution is 2.36. The van der Waals surface area contributed by atoms with E-state index in [-0.39, 0.29) is 5.97 Å². The van der Waals surface area contributed by atoms with Crippen LogP contribution in [0.25, 0.3) is 21.0 Å². The number of aromatic nitrogens is 1. The van der Waals surface area contributed by atoms with Crippen molar-refractivity contribution < 1.29 is 9.53 Å². The van der Waals surface area contributed by atoms with E-state index >= 15 is 0 Å². The van der Waals surface area contributed by atoms with Crippen molar-refractivity contribution in [2.75, 3.05) is 11.9 Å². The maximum absolute atomic E-state index is 12.5. The first-order chi connectivity index (χ1) is 12.3. The molecule has 2 aromatic carbocycles. The molecule has 4 nitrogen and oxygen atoms in total. The Morgan fingerprint density at radius 1 is 1.16 bits per heavy atom. The van der Waals surface area contributed by atoms with Gasteiger partial charge in [-0.2, -0.15) is 0 Å². The van der Waals surface area contributed by atoms with Crippen molar-refractivity contribution in [2.24, 2.45) is 0 Å². The molecule has 25 heavy (non-hydrogen) atoms. The minimum Gasteiger partial charge on any atom is -0.462 e. The van der Waals surface area contributed by atoms with E-state index in [1.807, 2.05) is 41.8 Å². The quantitative estimate of drug-likeness (QED) is 0.504. The number of benzene rings is 2. The second-order valence-electron chi connectivity index (χ2n) is 5.55. The highest BCUT2D eigenvalue weighted by molar-refractivity contribution is 7.17. The zero-order valence-corrected chi connectivity index (χ0v) is 14.5. The Kier molecular flexibility index (Phi) is 4.07. The van der Waals surface area contributed by atoms with Gasteiger partial charge in [-0.1, -0.05) is 18.2 Å². The van der Waals surface area contributed by atoms with E-state index in [0.29, 0.717) is 12.2 Å². The van der Waals surface area contributed by atoms with Gasteiger partial charge in [0.15, 0.2) is 0 Å². The summed E-state index contributed by atoms with van der Waals surface area (Å²) < 4.78 is 6.39. The molecule has 0 radical (unpaired) electrons. The molecule has 0 fully saturated rings. The first kappa shape index (κ1) is 15.6. The summed E-state index contributed by atoms with van der Waals surface area (Å²) in [4.78, 5) is 17.0. The number of para-hydroxylation sites is 1. The normalized spacial score (nSPS) is 10.9. The average molecular weight is 348 g/mol. The standard InChI is InChI=1S/C20H16N2O2S/c1-2-24-20(23)15-12-21-16-8-9-17-14(10-11-25-17)18(16)19(15)22-13-6-4-3-5-7-13/h3-12H,2H2,1H3,(H,21,22). The molecule has 124 valence electrons. The summed E-state index contributed by atoms with van der Waals surface area (Å²) >= 11 is 1.67. The molecule has 0 atom stereocenters. The molecule has 1 N–H and O–H groups in total. The number of carbonyl (C=O) groups excluding carboxylic acids is 1. The molecule has 0 spiro atoms. The van der Waals surface area contributed by atoms with E-state index in [2.05, 4.69) is 22.4 Å².